The fourth-order valence-corrected chi connectivity index (χ4v) is 3.79. The lowest BCUT2D eigenvalue weighted by molar-refractivity contribution is 0.584. The number of hydrogen-bond donors (Lipinski definition) is 2. The number of nitrogens with one attached hydrogen (secondary N) is 1. The van der Waals surface area contributed by atoms with Crippen LogP contribution in [0.2, 0.25) is 0 Å². The highest BCUT2D eigenvalue weighted by atomic mass is 32.2. The van der Waals surface area contributed by atoms with Gasteiger partial charge in [-0.25, -0.2) is 13.1 Å². The van der Waals surface area contributed by atoms with Gasteiger partial charge in [-0.15, -0.1) is 11.3 Å². The van der Waals surface area contributed by atoms with E-state index >= 15 is 0 Å². The number of nitrogens with zero attached hydrogens (tertiary/aromatic N) is 1. The molecular weight excluding hydrogens is 294 g/mol. The van der Waals surface area contributed by atoms with Crippen LogP contribution in [-0.4, -0.2) is 15.0 Å². The van der Waals surface area contributed by atoms with Crippen molar-refractivity contribution in [3.05, 3.63) is 46.8 Å². The van der Waals surface area contributed by atoms with E-state index in [-0.39, 0.29) is 4.21 Å². The Bertz CT molecular complexity index is 728. The van der Waals surface area contributed by atoms with Crippen LogP contribution in [0, 0.1) is 11.3 Å². The SMILES string of the molecule is N#Cc1ccc(S(=O)(=O)NCCc2ccc(N)cc2)s1. The summed E-state index contributed by atoms with van der Waals surface area (Å²) in [5, 5.41) is 8.70. The van der Waals surface area contributed by atoms with Crippen LogP contribution in [0.4, 0.5) is 5.69 Å². The Morgan fingerprint density at radius 1 is 1.20 bits per heavy atom. The fraction of sp³-hybridized carbons (Fsp3) is 0.154. The molecule has 1 aromatic carbocycles. The minimum atomic E-state index is -3.54. The van der Waals surface area contributed by atoms with E-state index in [9.17, 15) is 8.42 Å². The van der Waals surface area contributed by atoms with Gasteiger partial charge in [0, 0.05) is 12.2 Å². The highest BCUT2D eigenvalue weighted by Gasteiger charge is 2.16. The Hall–Kier alpha value is -1.88. The lowest BCUT2D eigenvalue weighted by atomic mass is 10.1. The number of benzene rings is 1. The summed E-state index contributed by atoms with van der Waals surface area (Å²) < 4.78 is 26.6. The zero-order valence-corrected chi connectivity index (χ0v) is 12.2. The molecule has 5 nitrogen and oxygen atoms in total. The van der Waals surface area contributed by atoms with Gasteiger partial charge in [-0.1, -0.05) is 12.1 Å². The highest BCUT2D eigenvalue weighted by molar-refractivity contribution is 7.91. The molecule has 20 heavy (non-hydrogen) atoms. The first-order valence-electron chi connectivity index (χ1n) is 5.85. The summed E-state index contributed by atoms with van der Waals surface area (Å²) in [6, 6.07) is 12.1. The number of nitriles is 1. The van der Waals surface area contributed by atoms with Crippen molar-refractivity contribution in [2.24, 2.45) is 0 Å². The van der Waals surface area contributed by atoms with Gasteiger partial charge in [-0.05, 0) is 36.2 Å². The van der Waals surface area contributed by atoms with Crippen molar-refractivity contribution in [1.29, 1.82) is 5.26 Å². The molecule has 0 aliphatic rings. The number of hydrogen-bond acceptors (Lipinski definition) is 5. The summed E-state index contributed by atoms with van der Waals surface area (Å²) in [7, 11) is -3.54. The molecule has 0 aliphatic carbocycles. The van der Waals surface area contributed by atoms with Crippen LogP contribution >= 0.6 is 11.3 Å². The van der Waals surface area contributed by atoms with E-state index in [0.717, 1.165) is 16.9 Å². The molecule has 3 N–H and O–H groups in total. The first-order valence-corrected chi connectivity index (χ1v) is 8.15. The van der Waals surface area contributed by atoms with Gasteiger partial charge in [0.25, 0.3) is 0 Å². The van der Waals surface area contributed by atoms with Gasteiger partial charge in [-0.3, -0.25) is 0 Å². The van der Waals surface area contributed by atoms with Crippen LogP contribution < -0.4 is 10.5 Å². The van der Waals surface area contributed by atoms with Gasteiger partial charge >= 0.3 is 0 Å². The van der Waals surface area contributed by atoms with E-state index < -0.39 is 10.0 Å². The molecule has 0 atom stereocenters. The highest BCUT2D eigenvalue weighted by Crippen LogP contribution is 2.20. The molecule has 0 saturated carbocycles. The topological polar surface area (TPSA) is 96.0 Å². The van der Waals surface area contributed by atoms with Crippen LogP contribution in [0.1, 0.15) is 10.4 Å². The van der Waals surface area contributed by atoms with Gasteiger partial charge in [0.05, 0.1) is 0 Å². The van der Waals surface area contributed by atoms with Crippen LogP contribution in [-0.2, 0) is 16.4 Å². The summed E-state index contributed by atoms with van der Waals surface area (Å²) in [4.78, 5) is 0.379. The second-order valence-electron chi connectivity index (χ2n) is 4.12. The van der Waals surface area contributed by atoms with Crippen LogP contribution in [0.5, 0.6) is 0 Å². The molecule has 0 spiro atoms. The number of thiophene rings is 1. The number of anilines is 1. The summed E-state index contributed by atoms with van der Waals surface area (Å²) in [5.41, 5.74) is 7.26. The molecule has 0 saturated heterocycles. The van der Waals surface area contributed by atoms with Crippen molar-refractivity contribution in [1.82, 2.24) is 4.72 Å². The van der Waals surface area contributed by atoms with Crippen molar-refractivity contribution in [3.8, 4) is 6.07 Å². The number of nitrogens with two attached hydrogens (primary N) is 1. The summed E-state index contributed by atoms with van der Waals surface area (Å²) in [5.74, 6) is 0. The van der Waals surface area contributed by atoms with Gasteiger partial charge in [0.2, 0.25) is 10.0 Å². The van der Waals surface area contributed by atoms with Crippen molar-refractivity contribution in [3.63, 3.8) is 0 Å². The van der Waals surface area contributed by atoms with Gasteiger partial charge in [0.1, 0.15) is 15.2 Å². The first-order chi connectivity index (χ1) is 9.51. The Kier molecular flexibility index (Phi) is 4.39. The first kappa shape index (κ1) is 14.5. The maximum absolute atomic E-state index is 12.0. The zero-order valence-electron chi connectivity index (χ0n) is 10.5. The second kappa shape index (κ2) is 6.05. The van der Waals surface area contributed by atoms with Crippen LogP contribution in [0.3, 0.4) is 0 Å². The Balaban J connectivity index is 1.96. The third-order valence-electron chi connectivity index (χ3n) is 2.64. The molecule has 0 radical (unpaired) electrons. The van der Waals surface area contributed by atoms with E-state index in [4.69, 9.17) is 11.0 Å². The molecule has 2 aromatic rings. The normalized spacial score (nSPS) is 11.2. The molecule has 104 valence electrons. The van der Waals surface area contributed by atoms with E-state index in [1.165, 1.54) is 12.1 Å². The number of nitrogen functional groups attached to an aromatic ring is 1. The van der Waals surface area contributed by atoms with Crippen molar-refractivity contribution in [2.45, 2.75) is 10.6 Å². The van der Waals surface area contributed by atoms with Crippen LogP contribution in [0.25, 0.3) is 0 Å². The van der Waals surface area contributed by atoms with Gasteiger partial charge < -0.3 is 5.73 Å². The Morgan fingerprint density at radius 2 is 1.90 bits per heavy atom. The molecule has 0 amide bonds. The quantitative estimate of drug-likeness (QED) is 0.822. The maximum Gasteiger partial charge on any atom is 0.250 e. The minimum Gasteiger partial charge on any atom is -0.399 e. The third kappa shape index (κ3) is 3.57. The monoisotopic (exact) mass is 307 g/mol. The van der Waals surface area contributed by atoms with E-state index in [2.05, 4.69) is 4.72 Å². The number of rotatable bonds is 5. The van der Waals surface area contributed by atoms with Crippen molar-refractivity contribution >= 4 is 27.0 Å². The average molecular weight is 307 g/mol. The smallest absolute Gasteiger partial charge is 0.250 e. The van der Waals surface area contributed by atoms with E-state index in [1.807, 2.05) is 18.2 Å². The second-order valence-corrected chi connectivity index (χ2v) is 7.20. The zero-order chi connectivity index (χ0) is 14.6. The lowest BCUT2D eigenvalue weighted by Gasteiger charge is -2.05. The standard InChI is InChI=1S/C13H13N3O2S2/c14-9-12-5-6-13(19-12)20(17,18)16-8-7-10-1-3-11(15)4-2-10/h1-6,16H,7-8,15H2. The predicted octanol–water partition coefficient (Wildman–Crippen LogP) is 1.72. The molecule has 1 heterocycles. The van der Waals surface area contributed by atoms with Crippen molar-refractivity contribution < 1.29 is 8.42 Å². The summed E-state index contributed by atoms with van der Waals surface area (Å²) in [6.45, 7) is 0.298. The lowest BCUT2D eigenvalue weighted by Crippen LogP contribution is -2.25. The van der Waals surface area contributed by atoms with Crippen LogP contribution in [0.15, 0.2) is 40.6 Å². The minimum absolute atomic E-state index is 0.159. The number of sulfonamides is 1. The molecule has 0 unspecified atom stereocenters. The van der Waals surface area contributed by atoms with Gasteiger partial charge in [-0.2, -0.15) is 5.26 Å². The van der Waals surface area contributed by atoms with Gasteiger partial charge in [0.15, 0.2) is 0 Å². The Morgan fingerprint density at radius 3 is 2.50 bits per heavy atom. The van der Waals surface area contributed by atoms with E-state index in [1.54, 1.807) is 12.1 Å². The average Bonchev–Trinajstić information content (AvgIpc) is 2.90. The molecular formula is C13H13N3O2S2. The molecule has 0 fully saturated rings. The molecule has 2 rings (SSSR count). The summed E-state index contributed by atoms with van der Waals surface area (Å²) in [6.07, 6.45) is 0.579. The third-order valence-corrected chi connectivity index (χ3v) is 5.58. The predicted molar refractivity (Wildman–Crippen MR) is 78.8 cm³/mol. The molecule has 1 aromatic heterocycles. The molecule has 7 heteroatoms. The molecule has 0 aliphatic heterocycles. The fourth-order valence-electron chi connectivity index (χ4n) is 1.61. The Labute approximate surface area is 121 Å². The van der Waals surface area contributed by atoms with E-state index in [0.29, 0.717) is 23.5 Å². The van der Waals surface area contributed by atoms with Crippen molar-refractivity contribution in [2.75, 3.05) is 12.3 Å². The summed E-state index contributed by atoms with van der Waals surface area (Å²) >= 11 is 0.960. The largest absolute Gasteiger partial charge is 0.399 e. The molecule has 0 bridgehead atoms. The maximum atomic E-state index is 12.0.